The molecule has 1 atom stereocenters. The van der Waals surface area contributed by atoms with E-state index in [-0.39, 0.29) is 30.6 Å². The van der Waals surface area contributed by atoms with Gasteiger partial charge in [0, 0.05) is 12.8 Å². The van der Waals surface area contributed by atoms with Crippen molar-refractivity contribution >= 4 is 11.9 Å². The molecule has 1 aliphatic rings. The third-order valence-electron chi connectivity index (χ3n) is 3.40. The Morgan fingerprint density at radius 3 is 2.18 bits per heavy atom. The fourth-order valence-corrected chi connectivity index (χ4v) is 1.95. The van der Waals surface area contributed by atoms with Crippen LogP contribution >= 0.6 is 0 Å². The average Bonchev–Trinajstić information content (AvgIpc) is 2.10. The van der Waals surface area contributed by atoms with Gasteiger partial charge in [-0.2, -0.15) is 0 Å². The predicted octanol–water partition coefficient (Wildman–Crippen LogP) is 0.717. The fourth-order valence-electron chi connectivity index (χ4n) is 1.95. The Morgan fingerprint density at radius 1 is 1.24 bits per heavy atom. The summed E-state index contributed by atoms with van der Waals surface area (Å²) in [4.78, 5) is 23.8. The topological polar surface area (TPSA) is 77.8 Å². The van der Waals surface area contributed by atoms with Crippen molar-refractivity contribution in [2.45, 2.75) is 39.2 Å². The Bertz CT molecular complexity index is 308. The molecule has 98 valence electrons. The molecule has 0 saturated carbocycles. The molecule has 17 heavy (non-hydrogen) atoms. The van der Waals surface area contributed by atoms with Gasteiger partial charge in [-0.05, 0) is 11.8 Å². The predicted molar refractivity (Wildman–Crippen MR) is 62.4 cm³/mol. The van der Waals surface area contributed by atoms with Crippen molar-refractivity contribution in [2.75, 3.05) is 13.1 Å². The average molecular weight is 243 g/mol. The molecule has 1 aliphatic heterocycles. The number of rotatable bonds is 5. The lowest BCUT2D eigenvalue weighted by atomic mass is 9.82. The van der Waals surface area contributed by atoms with E-state index in [1.165, 1.54) is 0 Å². The maximum atomic E-state index is 11.7. The summed E-state index contributed by atoms with van der Waals surface area (Å²) in [5.74, 6) is -0.979. The molecule has 5 heteroatoms. The summed E-state index contributed by atoms with van der Waals surface area (Å²) in [6.07, 6.45) is 0.245. The highest BCUT2D eigenvalue weighted by Crippen LogP contribution is 2.29. The summed E-state index contributed by atoms with van der Waals surface area (Å²) in [6, 6.07) is 0. The molecule has 1 fully saturated rings. The van der Waals surface area contributed by atoms with E-state index < -0.39 is 11.6 Å². The number of aliphatic carboxylic acids is 1. The highest BCUT2D eigenvalue weighted by atomic mass is 16.4. The van der Waals surface area contributed by atoms with Gasteiger partial charge in [0.2, 0.25) is 5.91 Å². The highest BCUT2D eigenvalue weighted by molar-refractivity contribution is 5.78. The molecule has 1 amide bonds. The van der Waals surface area contributed by atoms with Gasteiger partial charge in [-0.25, -0.2) is 0 Å². The van der Waals surface area contributed by atoms with Crippen LogP contribution in [0.1, 0.15) is 33.6 Å². The third-order valence-corrected chi connectivity index (χ3v) is 3.40. The molecule has 0 radical (unpaired) electrons. The molecule has 0 bridgehead atoms. The molecule has 5 nitrogen and oxygen atoms in total. The molecule has 2 N–H and O–H groups in total. The number of carboxylic acids is 1. The van der Waals surface area contributed by atoms with Gasteiger partial charge >= 0.3 is 5.97 Å². The first-order chi connectivity index (χ1) is 7.74. The van der Waals surface area contributed by atoms with E-state index >= 15 is 0 Å². The second-order valence-electron chi connectivity index (χ2n) is 5.42. The van der Waals surface area contributed by atoms with Gasteiger partial charge in [0.25, 0.3) is 0 Å². The van der Waals surface area contributed by atoms with Crippen LogP contribution in [0.5, 0.6) is 0 Å². The monoisotopic (exact) mass is 243 g/mol. The van der Waals surface area contributed by atoms with Crippen molar-refractivity contribution in [2.24, 2.45) is 11.8 Å². The fraction of sp³-hybridized carbons (Fsp3) is 0.833. The van der Waals surface area contributed by atoms with E-state index in [1.807, 2.05) is 13.8 Å². The number of carbonyl (C=O) groups is 2. The third kappa shape index (κ3) is 3.43. The Morgan fingerprint density at radius 2 is 1.76 bits per heavy atom. The lowest BCUT2D eigenvalue weighted by Gasteiger charge is -2.49. The number of carboxylic acid groups (broad SMARTS) is 1. The number of likely N-dealkylation sites (tertiary alicyclic amines) is 1. The lowest BCUT2D eigenvalue weighted by molar-refractivity contribution is -0.164. The van der Waals surface area contributed by atoms with E-state index in [1.54, 1.807) is 11.8 Å². The normalized spacial score (nSPS) is 19.9. The van der Waals surface area contributed by atoms with Gasteiger partial charge in [-0.3, -0.25) is 9.59 Å². The van der Waals surface area contributed by atoms with E-state index in [9.17, 15) is 14.7 Å². The molecule has 0 aromatic heterocycles. The number of aliphatic hydroxyl groups is 1. The number of hydrogen-bond donors (Lipinski definition) is 2. The molecule has 1 rings (SSSR count). The van der Waals surface area contributed by atoms with Crippen LogP contribution in [0.4, 0.5) is 0 Å². The van der Waals surface area contributed by atoms with Crippen LogP contribution in [0.2, 0.25) is 0 Å². The molecule has 0 aromatic carbocycles. The minimum absolute atomic E-state index is 0.00796. The highest BCUT2D eigenvalue weighted by Gasteiger charge is 2.45. The molecule has 0 aromatic rings. The van der Waals surface area contributed by atoms with Gasteiger partial charge in [-0.15, -0.1) is 0 Å². The van der Waals surface area contributed by atoms with Gasteiger partial charge in [0.15, 0.2) is 0 Å². The van der Waals surface area contributed by atoms with E-state index in [4.69, 9.17) is 5.11 Å². The second-order valence-corrected chi connectivity index (χ2v) is 5.42. The number of carbonyl (C=O) groups excluding carboxylic acids is 1. The van der Waals surface area contributed by atoms with Crippen LogP contribution in [-0.2, 0) is 9.59 Å². The zero-order chi connectivity index (χ0) is 13.2. The van der Waals surface area contributed by atoms with Crippen molar-refractivity contribution in [3.8, 4) is 0 Å². The summed E-state index contributed by atoms with van der Waals surface area (Å²) in [7, 11) is 0. The van der Waals surface area contributed by atoms with Gasteiger partial charge in [0.1, 0.15) is 5.60 Å². The van der Waals surface area contributed by atoms with E-state index in [0.717, 1.165) is 0 Å². The van der Waals surface area contributed by atoms with Gasteiger partial charge in [0.05, 0.1) is 13.1 Å². The zero-order valence-corrected chi connectivity index (χ0v) is 10.6. The number of nitrogens with zero attached hydrogens (tertiary/aromatic N) is 1. The standard InChI is InChI=1S/C12H21NO4/c1-8(2)12(17)6-13(7-12)10(14)4-9(3)5-11(15)16/h8-9,17H,4-7H2,1-3H3,(H,15,16). The SMILES string of the molecule is CC(CC(=O)O)CC(=O)N1CC(O)(C(C)C)C1. The van der Waals surface area contributed by atoms with E-state index in [2.05, 4.69) is 0 Å². The van der Waals surface area contributed by atoms with Crippen molar-refractivity contribution in [1.29, 1.82) is 0 Å². The van der Waals surface area contributed by atoms with Crippen LogP contribution in [-0.4, -0.2) is 45.7 Å². The molecule has 1 heterocycles. The molecule has 0 spiro atoms. The van der Waals surface area contributed by atoms with E-state index in [0.29, 0.717) is 13.1 Å². The number of hydrogen-bond acceptors (Lipinski definition) is 3. The largest absolute Gasteiger partial charge is 0.481 e. The van der Waals surface area contributed by atoms with Crippen molar-refractivity contribution in [1.82, 2.24) is 4.90 Å². The van der Waals surface area contributed by atoms with Gasteiger partial charge in [-0.1, -0.05) is 20.8 Å². The Hall–Kier alpha value is -1.10. The summed E-state index contributed by atoms with van der Waals surface area (Å²) in [6.45, 7) is 6.33. The van der Waals surface area contributed by atoms with Crippen molar-refractivity contribution < 1.29 is 19.8 Å². The number of β-amino-alcohol motifs (C(OH)–C–C–N with tert-alkyl or cyclic N) is 1. The minimum atomic E-state index is -0.882. The molecule has 0 aliphatic carbocycles. The van der Waals surface area contributed by atoms with Crippen LogP contribution in [0.15, 0.2) is 0 Å². The van der Waals surface area contributed by atoms with Crippen molar-refractivity contribution in [3.63, 3.8) is 0 Å². The Kier molecular flexibility index (Phi) is 4.14. The molecule has 1 unspecified atom stereocenters. The first-order valence-corrected chi connectivity index (χ1v) is 5.96. The maximum absolute atomic E-state index is 11.7. The number of amides is 1. The lowest BCUT2D eigenvalue weighted by Crippen LogP contribution is -2.66. The van der Waals surface area contributed by atoms with Crippen molar-refractivity contribution in [3.05, 3.63) is 0 Å². The van der Waals surface area contributed by atoms with Gasteiger partial charge < -0.3 is 15.1 Å². The summed E-state index contributed by atoms with van der Waals surface area (Å²) in [5, 5.41) is 18.6. The Balaban J connectivity index is 2.35. The van der Waals surface area contributed by atoms with Crippen LogP contribution in [0.3, 0.4) is 0 Å². The first kappa shape index (κ1) is 14.0. The minimum Gasteiger partial charge on any atom is -0.481 e. The maximum Gasteiger partial charge on any atom is 0.303 e. The molecular weight excluding hydrogens is 222 g/mol. The first-order valence-electron chi connectivity index (χ1n) is 5.96. The quantitative estimate of drug-likeness (QED) is 0.745. The van der Waals surface area contributed by atoms with Crippen LogP contribution in [0.25, 0.3) is 0 Å². The Labute approximate surface area is 101 Å². The molecular formula is C12H21NO4. The summed E-state index contributed by atoms with van der Waals surface area (Å²) in [5.41, 5.74) is -0.758. The zero-order valence-electron chi connectivity index (χ0n) is 10.6. The molecule has 1 saturated heterocycles. The van der Waals surface area contributed by atoms with Crippen LogP contribution < -0.4 is 0 Å². The second kappa shape index (κ2) is 5.04. The smallest absolute Gasteiger partial charge is 0.303 e. The summed E-state index contributed by atoms with van der Waals surface area (Å²) < 4.78 is 0. The van der Waals surface area contributed by atoms with Crippen LogP contribution in [0, 0.1) is 11.8 Å². The summed E-state index contributed by atoms with van der Waals surface area (Å²) >= 11 is 0.